The number of ether oxygens (including phenoxy) is 3. The van der Waals surface area contributed by atoms with E-state index in [0.29, 0.717) is 25.4 Å². The highest BCUT2D eigenvalue weighted by Crippen LogP contribution is 2.32. The van der Waals surface area contributed by atoms with Crippen LogP contribution in [0, 0.1) is 10.1 Å². The van der Waals surface area contributed by atoms with Crippen LogP contribution in [-0.2, 0) is 30.3 Å². The van der Waals surface area contributed by atoms with Gasteiger partial charge in [0.25, 0.3) is 17.7 Å². The van der Waals surface area contributed by atoms with Crippen molar-refractivity contribution in [2.24, 2.45) is 5.73 Å². The summed E-state index contributed by atoms with van der Waals surface area (Å²) in [7, 11) is 0. The molecule has 224 valence electrons. The Morgan fingerprint density at radius 2 is 1.76 bits per heavy atom. The summed E-state index contributed by atoms with van der Waals surface area (Å²) in [5.74, 6) is -3.26. The Morgan fingerprint density at radius 3 is 2.40 bits per heavy atom. The van der Waals surface area contributed by atoms with E-state index in [9.17, 15) is 34.1 Å². The standard InChI is InChI=1S/C25H29N7O10/c26-22(34)21-18(32(38)39)14-30(29-21)7-9-41-11-13-42-12-10-40-8-6-27-16-3-1-2-15-20(16)25(37)31(24(15)36)17-4-5-19(33)28-23(17)35/h1-3,14,17,27H,4-13H2,(H2,26,34)(H,28,33,35). The van der Waals surface area contributed by atoms with Gasteiger partial charge in [-0.2, -0.15) is 5.10 Å². The number of nitro groups is 1. The molecular formula is C25H29N7O10. The van der Waals surface area contributed by atoms with Crippen LogP contribution in [0.2, 0.25) is 0 Å². The number of nitrogens with zero attached hydrogens (tertiary/aromatic N) is 4. The molecule has 0 saturated carbocycles. The number of nitrogens with two attached hydrogens (primary N) is 1. The van der Waals surface area contributed by atoms with Gasteiger partial charge >= 0.3 is 5.69 Å². The van der Waals surface area contributed by atoms with E-state index in [2.05, 4.69) is 15.7 Å². The zero-order chi connectivity index (χ0) is 30.2. The van der Waals surface area contributed by atoms with Gasteiger partial charge in [-0.3, -0.25) is 49.0 Å². The lowest BCUT2D eigenvalue weighted by molar-refractivity contribution is -0.385. The van der Waals surface area contributed by atoms with E-state index in [4.69, 9.17) is 19.9 Å². The molecule has 1 unspecified atom stereocenters. The van der Waals surface area contributed by atoms with Crippen molar-refractivity contribution < 1.29 is 43.1 Å². The summed E-state index contributed by atoms with van der Waals surface area (Å²) in [6.07, 6.45) is 1.24. The summed E-state index contributed by atoms with van der Waals surface area (Å²) in [5, 5.41) is 20.0. The number of hydrogen-bond acceptors (Lipinski definition) is 12. The Bertz CT molecular complexity index is 1360. The normalized spacial score (nSPS) is 16.5. The lowest BCUT2D eigenvalue weighted by Crippen LogP contribution is -2.54. The van der Waals surface area contributed by atoms with Gasteiger partial charge in [-0.25, -0.2) is 0 Å². The van der Waals surface area contributed by atoms with Crippen LogP contribution in [0.15, 0.2) is 24.4 Å². The highest BCUT2D eigenvalue weighted by molar-refractivity contribution is 6.25. The van der Waals surface area contributed by atoms with Crippen LogP contribution >= 0.6 is 0 Å². The van der Waals surface area contributed by atoms with Crippen LogP contribution in [-0.4, -0.2) is 101 Å². The topological polar surface area (TPSA) is 227 Å². The third-order valence-corrected chi connectivity index (χ3v) is 6.41. The number of anilines is 1. The van der Waals surface area contributed by atoms with Crippen molar-refractivity contribution in [1.82, 2.24) is 20.0 Å². The maximum Gasteiger partial charge on any atom is 0.320 e. The minimum atomic E-state index is -1.03. The van der Waals surface area contributed by atoms with E-state index >= 15 is 0 Å². The monoisotopic (exact) mass is 587 g/mol. The molecule has 4 rings (SSSR count). The number of piperidine rings is 1. The van der Waals surface area contributed by atoms with Crippen molar-refractivity contribution >= 4 is 40.9 Å². The zero-order valence-electron chi connectivity index (χ0n) is 22.4. The average Bonchev–Trinajstić information content (AvgIpc) is 3.49. The summed E-state index contributed by atoms with van der Waals surface area (Å²) in [4.78, 5) is 72.0. The molecule has 0 spiro atoms. The van der Waals surface area contributed by atoms with Gasteiger partial charge in [0.15, 0.2) is 0 Å². The number of fused-ring (bicyclic) bond motifs is 1. The molecule has 1 aromatic heterocycles. The lowest BCUT2D eigenvalue weighted by atomic mass is 10.0. The van der Waals surface area contributed by atoms with Crippen molar-refractivity contribution in [3.63, 3.8) is 0 Å². The molecule has 3 heterocycles. The van der Waals surface area contributed by atoms with Crippen molar-refractivity contribution in [2.45, 2.75) is 25.4 Å². The SMILES string of the molecule is NC(=O)c1nn(CCOCCOCCOCCNc2cccc3c2C(=O)N(C2CCC(=O)NC2=O)C3=O)cc1[N+](=O)[O-]. The minimum absolute atomic E-state index is 0.0456. The molecule has 1 aromatic carbocycles. The predicted molar refractivity (Wildman–Crippen MR) is 141 cm³/mol. The molecule has 2 aliphatic heterocycles. The van der Waals surface area contributed by atoms with E-state index in [0.717, 1.165) is 11.1 Å². The third-order valence-electron chi connectivity index (χ3n) is 6.41. The molecule has 1 atom stereocenters. The Hall–Kier alpha value is -4.74. The molecule has 1 fully saturated rings. The van der Waals surface area contributed by atoms with Crippen molar-refractivity contribution in [1.29, 1.82) is 0 Å². The summed E-state index contributed by atoms with van der Waals surface area (Å²) in [6, 6.07) is 3.78. The molecule has 4 N–H and O–H groups in total. The van der Waals surface area contributed by atoms with Crippen LogP contribution in [0.25, 0.3) is 0 Å². The molecule has 17 heteroatoms. The number of rotatable bonds is 16. The van der Waals surface area contributed by atoms with Crippen molar-refractivity contribution in [3.8, 4) is 0 Å². The van der Waals surface area contributed by atoms with E-state index in [1.165, 1.54) is 10.7 Å². The van der Waals surface area contributed by atoms with Gasteiger partial charge < -0.3 is 25.3 Å². The second kappa shape index (κ2) is 13.7. The lowest BCUT2D eigenvalue weighted by Gasteiger charge is -2.27. The highest BCUT2D eigenvalue weighted by Gasteiger charge is 2.45. The molecule has 1 saturated heterocycles. The van der Waals surface area contributed by atoms with Gasteiger partial charge in [0, 0.05) is 18.7 Å². The van der Waals surface area contributed by atoms with Gasteiger partial charge in [-0.05, 0) is 18.6 Å². The number of benzene rings is 1. The molecule has 2 aliphatic rings. The number of carbonyl (C=O) groups excluding carboxylic acids is 5. The molecular weight excluding hydrogens is 558 g/mol. The summed E-state index contributed by atoms with van der Waals surface area (Å²) >= 11 is 0. The van der Waals surface area contributed by atoms with Crippen molar-refractivity contribution in [3.05, 3.63) is 51.3 Å². The molecule has 0 aliphatic carbocycles. The maximum atomic E-state index is 13.1. The largest absolute Gasteiger partial charge is 0.382 e. The van der Waals surface area contributed by atoms with Gasteiger partial charge in [-0.1, -0.05) is 6.07 Å². The Balaban J connectivity index is 1.10. The van der Waals surface area contributed by atoms with Gasteiger partial charge in [-0.15, -0.1) is 0 Å². The van der Waals surface area contributed by atoms with Crippen LogP contribution in [0.1, 0.15) is 44.0 Å². The summed E-state index contributed by atoms with van der Waals surface area (Å²) in [5.41, 5.74) is 5.02. The first-order valence-electron chi connectivity index (χ1n) is 13.0. The Kier molecular flexibility index (Phi) is 9.89. The van der Waals surface area contributed by atoms with E-state index < -0.39 is 51.9 Å². The van der Waals surface area contributed by atoms with E-state index in [1.807, 2.05) is 0 Å². The van der Waals surface area contributed by atoms with Crippen LogP contribution in [0.5, 0.6) is 0 Å². The molecule has 0 bridgehead atoms. The number of hydrogen-bond donors (Lipinski definition) is 3. The number of amides is 5. The Labute approximate surface area is 238 Å². The second-order valence-corrected chi connectivity index (χ2v) is 9.19. The quantitative estimate of drug-likeness (QED) is 0.0973. The van der Waals surface area contributed by atoms with Gasteiger partial charge in [0.2, 0.25) is 17.5 Å². The van der Waals surface area contributed by atoms with Crippen LogP contribution in [0.4, 0.5) is 11.4 Å². The van der Waals surface area contributed by atoms with Crippen LogP contribution in [0.3, 0.4) is 0 Å². The first-order valence-corrected chi connectivity index (χ1v) is 13.0. The molecule has 42 heavy (non-hydrogen) atoms. The fourth-order valence-corrected chi connectivity index (χ4v) is 4.45. The summed E-state index contributed by atoms with van der Waals surface area (Å²) < 4.78 is 17.6. The molecule has 5 amide bonds. The highest BCUT2D eigenvalue weighted by atomic mass is 16.6. The summed E-state index contributed by atoms with van der Waals surface area (Å²) in [6.45, 7) is 2.12. The van der Waals surface area contributed by atoms with E-state index in [1.54, 1.807) is 12.1 Å². The van der Waals surface area contributed by atoms with Crippen molar-refractivity contribution in [2.75, 3.05) is 51.5 Å². The number of nitrogens with one attached hydrogen (secondary N) is 2. The Morgan fingerprint density at radius 1 is 1.07 bits per heavy atom. The average molecular weight is 588 g/mol. The predicted octanol–water partition coefficient (Wildman–Crippen LogP) is -0.547. The molecule has 2 aromatic rings. The number of primary amides is 1. The van der Waals surface area contributed by atoms with Gasteiger partial charge in [0.1, 0.15) is 12.2 Å². The maximum absolute atomic E-state index is 13.1. The fraction of sp³-hybridized carbons (Fsp3) is 0.440. The zero-order valence-corrected chi connectivity index (χ0v) is 22.4. The third kappa shape index (κ3) is 6.93. The minimum Gasteiger partial charge on any atom is -0.382 e. The fourth-order valence-electron chi connectivity index (χ4n) is 4.45. The molecule has 17 nitrogen and oxygen atoms in total. The second-order valence-electron chi connectivity index (χ2n) is 9.19. The van der Waals surface area contributed by atoms with E-state index in [-0.39, 0.29) is 56.9 Å². The first-order chi connectivity index (χ1) is 20.2. The van der Waals surface area contributed by atoms with Gasteiger partial charge in [0.05, 0.1) is 62.2 Å². The number of aromatic nitrogens is 2. The number of carbonyl (C=O) groups is 5. The smallest absolute Gasteiger partial charge is 0.320 e. The number of imide groups is 2. The first kappa shape index (κ1) is 30.2. The van der Waals surface area contributed by atoms with Crippen LogP contribution < -0.4 is 16.4 Å². The molecule has 0 radical (unpaired) electrons.